The van der Waals surface area contributed by atoms with E-state index in [1.54, 1.807) is 14.0 Å². The van der Waals surface area contributed by atoms with Gasteiger partial charge in [0.05, 0.1) is 11.3 Å². The molecule has 0 fully saturated rings. The molecule has 1 unspecified atom stereocenters. The van der Waals surface area contributed by atoms with Crippen LogP contribution >= 0.6 is 0 Å². The zero-order valence-corrected chi connectivity index (χ0v) is 9.60. The third kappa shape index (κ3) is 3.08. The van der Waals surface area contributed by atoms with Gasteiger partial charge in [0.25, 0.3) is 5.91 Å². The van der Waals surface area contributed by atoms with E-state index in [-0.39, 0.29) is 6.42 Å². The predicted molar refractivity (Wildman–Crippen MR) is 60.3 cm³/mol. The second-order valence-electron chi connectivity index (χ2n) is 3.57. The van der Waals surface area contributed by atoms with Crippen molar-refractivity contribution in [1.29, 1.82) is 0 Å². The molecule has 2 N–H and O–H groups in total. The van der Waals surface area contributed by atoms with Gasteiger partial charge in [-0.2, -0.15) is 5.10 Å². The molecule has 1 aromatic heterocycles. The van der Waals surface area contributed by atoms with Crippen LogP contribution in [0.25, 0.3) is 0 Å². The Morgan fingerprint density at radius 3 is 2.76 bits per heavy atom. The molecule has 0 aromatic carbocycles. The van der Waals surface area contributed by atoms with E-state index in [1.165, 1.54) is 10.9 Å². The summed E-state index contributed by atoms with van der Waals surface area (Å²) in [6.45, 7) is 1.67. The lowest BCUT2D eigenvalue weighted by Gasteiger charge is -2.10. The van der Waals surface area contributed by atoms with Crippen LogP contribution in [-0.4, -0.2) is 32.8 Å². The number of aliphatic carboxylic acids is 1. The summed E-state index contributed by atoms with van der Waals surface area (Å²) in [6, 6.07) is -1.08. The predicted octanol–water partition coefficient (Wildman–Crippen LogP) is -0.0652. The van der Waals surface area contributed by atoms with Crippen molar-refractivity contribution < 1.29 is 14.7 Å². The second kappa shape index (κ2) is 5.16. The first kappa shape index (κ1) is 12.8. The number of carbonyl (C=O) groups excluding carboxylic acids is 1. The summed E-state index contributed by atoms with van der Waals surface area (Å²) in [6.07, 6.45) is 6.51. The van der Waals surface area contributed by atoms with Crippen molar-refractivity contribution in [2.45, 2.75) is 19.4 Å². The summed E-state index contributed by atoms with van der Waals surface area (Å²) in [4.78, 5) is 22.6. The molecule has 1 rings (SSSR count). The van der Waals surface area contributed by atoms with Gasteiger partial charge in [-0.05, 0) is 6.92 Å². The van der Waals surface area contributed by atoms with Crippen molar-refractivity contribution >= 4 is 11.9 Å². The van der Waals surface area contributed by atoms with Gasteiger partial charge in [0.2, 0.25) is 0 Å². The Balaban J connectivity index is 2.81. The average molecular weight is 235 g/mol. The molecule has 0 aliphatic rings. The number of nitrogens with zero attached hydrogens (tertiary/aromatic N) is 2. The summed E-state index contributed by atoms with van der Waals surface area (Å²) in [7, 11) is 1.68. The SMILES string of the molecule is C#CCC(NC(=O)c1cn(C)nc1C)C(=O)O. The summed E-state index contributed by atoms with van der Waals surface area (Å²) >= 11 is 0. The molecule has 6 nitrogen and oxygen atoms in total. The number of hydrogen-bond acceptors (Lipinski definition) is 3. The summed E-state index contributed by atoms with van der Waals surface area (Å²) in [5.74, 6) is 0.567. The Bertz CT molecular complexity index is 485. The normalized spacial score (nSPS) is 11.6. The van der Waals surface area contributed by atoms with Crippen LogP contribution in [0.15, 0.2) is 6.20 Å². The molecule has 90 valence electrons. The maximum absolute atomic E-state index is 11.8. The summed E-state index contributed by atoms with van der Waals surface area (Å²) < 4.78 is 1.49. The van der Waals surface area contributed by atoms with E-state index in [0.29, 0.717) is 11.3 Å². The summed E-state index contributed by atoms with van der Waals surface area (Å²) in [5, 5.41) is 15.2. The van der Waals surface area contributed by atoms with E-state index >= 15 is 0 Å². The highest BCUT2D eigenvalue weighted by Crippen LogP contribution is 2.05. The molecule has 6 heteroatoms. The van der Waals surface area contributed by atoms with Gasteiger partial charge in [-0.3, -0.25) is 9.48 Å². The minimum absolute atomic E-state index is 0.0552. The van der Waals surface area contributed by atoms with Crippen LogP contribution in [0.4, 0.5) is 0 Å². The zero-order chi connectivity index (χ0) is 13.0. The third-order valence-electron chi connectivity index (χ3n) is 2.18. The van der Waals surface area contributed by atoms with Gasteiger partial charge in [-0.1, -0.05) is 0 Å². The van der Waals surface area contributed by atoms with E-state index in [4.69, 9.17) is 11.5 Å². The number of aryl methyl sites for hydroxylation is 2. The highest BCUT2D eigenvalue weighted by molar-refractivity contribution is 5.97. The smallest absolute Gasteiger partial charge is 0.327 e. The lowest BCUT2D eigenvalue weighted by atomic mass is 10.2. The molecule has 0 radical (unpaired) electrons. The fourth-order valence-corrected chi connectivity index (χ4v) is 1.38. The van der Waals surface area contributed by atoms with Gasteiger partial charge in [-0.15, -0.1) is 12.3 Å². The van der Waals surface area contributed by atoms with Crippen molar-refractivity contribution in [2.75, 3.05) is 0 Å². The maximum atomic E-state index is 11.8. The lowest BCUT2D eigenvalue weighted by Crippen LogP contribution is -2.40. The molecule has 0 saturated carbocycles. The number of nitrogens with one attached hydrogen (secondary N) is 1. The minimum Gasteiger partial charge on any atom is -0.480 e. The van der Waals surface area contributed by atoms with Crippen LogP contribution in [0, 0.1) is 19.3 Å². The standard InChI is InChI=1S/C11H13N3O3/c1-4-5-9(11(16)17)12-10(15)8-6-14(3)13-7(8)2/h1,6,9H,5H2,2-3H3,(H,12,15)(H,16,17). The quantitative estimate of drug-likeness (QED) is 0.716. The monoisotopic (exact) mass is 235 g/mol. The highest BCUT2D eigenvalue weighted by Gasteiger charge is 2.21. The van der Waals surface area contributed by atoms with Crippen molar-refractivity contribution in [1.82, 2.24) is 15.1 Å². The van der Waals surface area contributed by atoms with Gasteiger partial charge in [0, 0.05) is 19.7 Å². The molecule has 17 heavy (non-hydrogen) atoms. The van der Waals surface area contributed by atoms with Gasteiger partial charge >= 0.3 is 5.97 Å². The number of amides is 1. The fraction of sp³-hybridized carbons (Fsp3) is 0.364. The van der Waals surface area contributed by atoms with Gasteiger partial charge in [0.1, 0.15) is 6.04 Å². The van der Waals surface area contributed by atoms with E-state index in [2.05, 4.69) is 16.3 Å². The van der Waals surface area contributed by atoms with Gasteiger partial charge < -0.3 is 10.4 Å². The molecular formula is C11H13N3O3. The maximum Gasteiger partial charge on any atom is 0.327 e. The Kier molecular flexibility index (Phi) is 3.88. The first-order chi connectivity index (χ1) is 7.95. The zero-order valence-electron chi connectivity index (χ0n) is 9.60. The summed E-state index contributed by atoms with van der Waals surface area (Å²) in [5.41, 5.74) is 0.880. The third-order valence-corrected chi connectivity index (χ3v) is 2.18. The Morgan fingerprint density at radius 2 is 2.35 bits per heavy atom. The number of aromatic nitrogens is 2. The van der Waals surface area contributed by atoms with E-state index in [9.17, 15) is 9.59 Å². The van der Waals surface area contributed by atoms with Gasteiger partial charge in [0.15, 0.2) is 0 Å². The van der Waals surface area contributed by atoms with Crippen molar-refractivity contribution in [3.05, 3.63) is 17.5 Å². The number of rotatable bonds is 4. The topological polar surface area (TPSA) is 84.2 Å². The molecule has 1 amide bonds. The van der Waals surface area contributed by atoms with Crippen LogP contribution in [-0.2, 0) is 11.8 Å². The number of terminal acetylenes is 1. The average Bonchev–Trinajstić information content (AvgIpc) is 2.57. The lowest BCUT2D eigenvalue weighted by molar-refractivity contribution is -0.139. The number of hydrogen-bond donors (Lipinski definition) is 2. The molecule has 0 saturated heterocycles. The van der Waals surface area contributed by atoms with Crippen molar-refractivity contribution in [3.63, 3.8) is 0 Å². The van der Waals surface area contributed by atoms with E-state index in [1.807, 2.05) is 0 Å². The second-order valence-corrected chi connectivity index (χ2v) is 3.57. The number of carbonyl (C=O) groups is 2. The molecule has 1 atom stereocenters. The van der Waals surface area contributed by atoms with E-state index < -0.39 is 17.9 Å². The first-order valence-electron chi connectivity index (χ1n) is 4.93. The molecule has 0 spiro atoms. The minimum atomic E-state index is -1.15. The molecule has 1 aromatic rings. The molecule has 0 bridgehead atoms. The highest BCUT2D eigenvalue weighted by atomic mass is 16.4. The molecular weight excluding hydrogens is 222 g/mol. The Hall–Kier alpha value is -2.29. The van der Waals surface area contributed by atoms with Crippen LogP contribution in [0.2, 0.25) is 0 Å². The van der Waals surface area contributed by atoms with Crippen LogP contribution in [0.5, 0.6) is 0 Å². The Morgan fingerprint density at radius 1 is 1.71 bits per heavy atom. The van der Waals surface area contributed by atoms with Crippen LogP contribution in [0.1, 0.15) is 22.5 Å². The van der Waals surface area contributed by atoms with Crippen molar-refractivity contribution in [2.24, 2.45) is 7.05 Å². The number of carboxylic acids is 1. The Labute approximate surface area is 98.6 Å². The van der Waals surface area contributed by atoms with Crippen molar-refractivity contribution in [3.8, 4) is 12.3 Å². The number of carboxylic acid groups (broad SMARTS) is 1. The molecule has 0 aliphatic heterocycles. The largest absolute Gasteiger partial charge is 0.480 e. The molecule has 0 aliphatic carbocycles. The van der Waals surface area contributed by atoms with Crippen LogP contribution in [0.3, 0.4) is 0 Å². The fourth-order valence-electron chi connectivity index (χ4n) is 1.38. The van der Waals surface area contributed by atoms with Crippen LogP contribution < -0.4 is 5.32 Å². The van der Waals surface area contributed by atoms with Gasteiger partial charge in [-0.25, -0.2) is 4.79 Å². The molecule has 1 heterocycles. The first-order valence-corrected chi connectivity index (χ1v) is 4.93. The van der Waals surface area contributed by atoms with E-state index in [0.717, 1.165) is 0 Å².